The van der Waals surface area contributed by atoms with E-state index in [9.17, 15) is 4.39 Å². The highest BCUT2D eigenvalue weighted by Crippen LogP contribution is 2.15. The molecule has 1 heterocycles. The molecule has 1 fully saturated rings. The van der Waals surface area contributed by atoms with E-state index in [2.05, 4.69) is 11.8 Å². The van der Waals surface area contributed by atoms with Crippen LogP contribution in [-0.2, 0) is 4.74 Å². The Morgan fingerprint density at radius 1 is 1.59 bits per heavy atom. The monoisotopic (exact) mass is 238 g/mol. The van der Waals surface area contributed by atoms with Crippen molar-refractivity contribution < 1.29 is 9.13 Å². The quantitative estimate of drug-likeness (QED) is 0.868. The predicted octanol–water partition coefficient (Wildman–Crippen LogP) is 1.55. The van der Waals surface area contributed by atoms with Crippen LogP contribution in [0.1, 0.15) is 18.5 Å². The maximum atomic E-state index is 13.1. The average Bonchev–Trinajstić information content (AvgIpc) is 2.29. The minimum Gasteiger partial charge on any atom is -0.376 e. The molecule has 0 amide bonds. The molecule has 1 aliphatic heterocycles. The van der Waals surface area contributed by atoms with E-state index >= 15 is 0 Å². The molecule has 3 nitrogen and oxygen atoms in total. The molecule has 17 heavy (non-hydrogen) atoms. The van der Waals surface area contributed by atoms with E-state index in [1.54, 1.807) is 6.07 Å². The molecule has 0 radical (unpaired) electrons. The molecule has 2 N–H and O–H groups in total. The Labute approximate surface area is 101 Å². The Morgan fingerprint density at radius 3 is 3.12 bits per heavy atom. The molecule has 1 aromatic carbocycles. The third-order valence-electron chi connectivity index (χ3n) is 3.06. The van der Waals surface area contributed by atoms with Crippen LogP contribution < -0.4 is 5.73 Å². The number of nitrogens with two attached hydrogens (primary N) is 1. The number of hydrogen-bond donors (Lipinski definition) is 1. The summed E-state index contributed by atoms with van der Waals surface area (Å²) < 4.78 is 18.6. The Kier molecular flexibility index (Phi) is 4.10. The Bertz CT molecular complexity index is 372. The van der Waals surface area contributed by atoms with Gasteiger partial charge >= 0.3 is 0 Å². The van der Waals surface area contributed by atoms with Crippen molar-refractivity contribution in [2.24, 2.45) is 5.73 Å². The molecular formula is C13H19FN2O. The molecule has 2 rings (SSSR count). The Hall–Kier alpha value is -0.970. The largest absolute Gasteiger partial charge is 0.376 e. The molecule has 2 atom stereocenters. The van der Waals surface area contributed by atoms with Crippen LogP contribution in [0, 0.1) is 5.82 Å². The van der Waals surface area contributed by atoms with Crippen LogP contribution in [-0.4, -0.2) is 37.2 Å². The summed E-state index contributed by atoms with van der Waals surface area (Å²) in [5.74, 6) is -0.228. The lowest BCUT2D eigenvalue weighted by molar-refractivity contribution is -0.0199. The zero-order chi connectivity index (χ0) is 12.3. The summed E-state index contributed by atoms with van der Waals surface area (Å²) in [5.41, 5.74) is 6.94. The summed E-state index contributed by atoms with van der Waals surface area (Å²) in [7, 11) is 0. The van der Waals surface area contributed by atoms with Crippen LogP contribution in [0.4, 0.5) is 4.39 Å². The fourth-order valence-electron chi connectivity index (χ4n) is 2.18. The van der Waals surface area contributed by atoms with Crippen LogP contribution in [0.5, 0.6) is 0 Å². The molecule has 4 heteroatoms. The molecule has 0 bridgehead atoms. The predicted molar refractivity (Wildman–Crippen MR) is 65.2 cm³/mol. The minimum absolute atomic E-state index is 0.143. The van der Waals surface area contributed by atoms with Gasteiger partial charge in [-0.3, -0.25) is 4.90 Å². The minimum atomic E-state index is -0.228. The molecule has 1 aromatic rings. The van der Waals surface area contributed by atoms with Gasteiger partial charge in [-0.15, -0.1) is 0 Å². The van der Waals surface area contributed by atoms with E-state index in [4.69, 9.17) is 10.5 Å². The van der Waals surface area contributed by atoms with Gasteiger partial charge in [-0.2, -0.15) is 0 Å². The van der Waals surface area contributed by atoms with Gasteiger partial charge in [0, 0.05) is 25.7 Å². The molecular weight excluding hydrogens is 219 g/mol. The first-order valence-corrected chi connectivity index (χ1v) is 6.00. The van der Waals surface area contributed by atoms with E-state index in [1.165, 1.54) is 12.1 Å². The SMILES string of the molecule is CC1CN(CC(N)c2cccc(F)c2)CCO1. The van der Waals surface area contributed by atoms with Crippen molar-refractivity contribution >= 4 is 0 Å². The van der Waals surface area contributed by atoms with Crippen LogP contribution >= 0.6 is 0 Å². The molecule has 1 aliphatic rings. The van der Waals surface area contributed by atoms with Gasteiger partial charge in [0.25, 0.3) is 0 Å². The third kappa shape index (κ3) is 3.49. The van der Waals surface area contributed by atoms with E-state index in [0.29, 0.717) is 0 Å². The highest BCUT2D eigenvalue weighted by atomic mass is 19.1. The summed E-state index contributed by atoms with van der Waals surface area (Å²) >= 11 is 0. The normalized spacial score (nSPS) is 23.6. The summed E-state index contributed by atoms with van der Waals surface area (Å²) in [6.45, 7) is 5.34. The van der Waals surface area contributed by atoms with Crippen LogP contribution in [0.3, 0.4) is 0 Å². The number of halogens is 1. The van der Waals surface area contributed by atoms with Gasteiger partial charge in [0.05, 0.1) is 12.7 Å². The summed E-state index contributed by atoms with van der Waals surface area (Å²) in [5, 5.41) is 0. The lowest BCUT2D eigenvalue weighted by Gasteiger charge is -2.32. The summed E-state index contributed by atoms with van der Waals surface area (Å²) in [6.07, 6.45) is 0.253. The van der Waals surface area contributed by atoms with Gasteiger partial charge in [-0.1, -0.05) is 12.1 Å². The van der Waals surface area contributed by atoms with Gasteiger partial charge in [-0.05, 0) is 24.6 Å². The van der Waals surface area contributed by atoms with Crippen molar-refractivity contribution in [1.82, 2.24) is 4.90 Å². The maximum absolute atomic E-state index is 13.1. The lowest BCUT2D eigenvalue weighted by Crippen LogP contribution is -2.44. The smallest absolute Gasteiger partial charge is 0.123 e. The van der Waals surface area contributed by atoms with Gasteiger partial charge in [0.15, 0.2) is 0 Å². The summed E-state index contributed by atoms with van der Waals surface area (Å²) in [4.78, 5) is 2.27. The first kappa shape index (κ1) is 12.5. The van der Waals surface area contributed by atoms with Crippen LogP contribution in [0.25, 0.3) is 0 Å². The van der Waals surface area contributed by atoms with Crippen molar-refractivity contribution in [2.45, 2.75) is 19.1 Å². The van der Waals surface area contributed by atoms with E-state index in [-0.39, 0.29) is 18.0 Å². The molecule has 0 aromatic heterocycles. The second-order valence-electron chi connectivity index (χ2n) is 4.60. The van der Waals surface area contributed by atoms with Crippen molar-refractivity contribution in [2.75, 3.05) is 26.2 Å². The Morgan fingerprint density at radius 2 is 2.41 bits per heavy atom. The van der Waals surface area contributed by atoms with Crippen LogP contribution in [0.15, 0.2) is 24.3 Å². The van der Waals surface area contributed by atoms with E-state index < -0.39 is 0 Å². The first-order valence-electron chi connectivity index (χ1n) is 6.00. The fraction of sp³-hybridized carbons (Fsp3) is 0.538. The third-order valence-corrected chi connectivity index (χ3v) is 3.06. The number of nitrogens with zero attached hydrogens (tertiary/aromatic N) is 1. The Balaban J connectivity index is 1.94. The highest BCUT2D eigenvalue weighted by Gasteiger charge is 2.19. The molecule has 2 unspecified atom stereocenters. The number of ether oxygens (including phenoxy) is 1. The van der Waals surface area contributed by atoms with Crippen molar-refractivity contribution in [1.29, 1.82) is 0 Å². The molecule has 0 aliphatic carbocycles. The summed E-state index contributed by atoms with van der Waals surface area (Å²) in [6, 6.07) is 6.38. The van der Waals surface area contributed by atoms with Crippen molar-refractivity contribution in [3.05, 3.63) is 35.6 Å². The first-order chi connectivity index (χ1) is 8.15. The van der Waals surface area contributed by atoms with E-state index in [0.717, 1.165) is 31.8 Å². The van der Waals surface area contributed by atoms with Crippen molar-refractivity contribution in [3.8, 4) is 0 Å². The van der Waals surface area contributed by atoms with Crippen LogP contribution in [0.2, 0.25) is 0 Å². The number of benzene rings is 1. The second-order valence-corrected chi connectivity index (χ2v) is 4.60. The second kappa shape index (κ2) is 5.58. The highest BCUT2D eigenvalue weighted by molar-refractivity contribution is 5.20. The van der Waals surface area contributed by atoms with E-state index in [1.807, 2.05) is 6.07 Å². The van der Waals surface area contributed by atoms with Gasteiger partial charge < -0.3 is 10.5 Å². The topological polar surface area (TPSA) is 38.5 Å². The molecule has 0 spiro atoms. The zero-order valence-corrected chi connectivity index (χ0v) is 10.1. The number of hydrogen-bond acceptors (Lipinski definition) is 3. The van der Waals surface area contributed by atoms with Gasteiger partial charge in [0.1, 0.15) is 5.82 Å². The molecule has 94 valence electrons. The zero-order valence-electron chi connectivity index (χ0n) is 10.1. The molecule has 1 saturated heterocycles. The maximum Gasteiger partial charge on any atom is 0.123 e. The average molecular weight is 238 g/mol. The van der Waals surface area contributed by atoms with Gasteiger partial charge in [0.2, 0.25) is 0 Å². The standard InChI is InChI=1S/C13H19FN2O/c1-10-8-16(5-6-17-10)9-13(15)11-3-2-4-12(14)7-11/h2-4,7,10,13H,5-6,8-9,15H2,1H3. The number of rotatable bonds is 3. The molecule has 0 saturated carbocycles. The fourth-order valence-corrected chi connectivity index (χ4v) is 2.18. The van der Waals surface area contributed by atoms with Crippen molar-refractivity contribution in [3.63, 3.8) is 0 Å². The lowest BCUT2D eigenvalue weighted by atomic mass is 10.1. The number of morpholine rings is 1. The van der Waals surface area contributed by atoms with Gasteiger partial charge in [-0.25, -0.2) is 4.39 Å².